The zero-order valence-electron chi connectivity index (χ0n) is 19.1. The highest BCUT2D eigenvalue weighted by atomic mass is 127. The van der Waals surface area contributed by atoms with Crippen LogP contribution in [0.5, 0.6) is 5.75 Å². The van der Waals surface area contributed by atoms with Crippen molar-refractivity contribution < 1.29 is 9.84 Å². The standard InChI is InChI=1S/C23H36N4O2S.HI/c1-5-24-22(26-18-23(4,28)21-9-8-16-30-21)25-17-19-10-12-20(13-11-19)29-15-14-27(6-2)7-3;/h8-13,16,28H,5-7,14-15,17-18H2,1-4H3,(H2,24,25,26);1H. The number of hydrogen-bond donors (Lipinski definition) is 3. The molecule has 0 saturated heterocycles. The topological polar surface area (TPSA) is 69.1 Å². The first kappa shape index (κ1) is 27.7. The Hall–Kier alpha value is -1.36. The maximum atomic E-state index is 10.7. The minimum Gasteiger partial charge on any atom is -0.492 e. The summed E-state index contributed by atoms with van der Waals surface area (Å²) in [5.41, 5.74) is 0.169. The van der Waals surface area contributed by atoms with Crippen LogP contribution >= 0.6 is 35.3 Å². The second-order valence-corrected chi connectivity index (χ2v) is 8.27. The summed E-state index contributed by atoms with van der Waals surface area (Å²) < 4.78 is 5.84. The lowest BCUT2D eigenvalue weighted by Crippen LogP contribution is -2.44. The van der Waals surface area contributed by atoms with Crippen molar-refractivity contribution in [1.82, 2.24) is 15.5 Å². The molecule has 0 bridgehead atoms. The summed E-state index contributed by atoms with van der Waals surface area (Å²) in [6, 6.07) is 12.0. The average molecular weight is 561 g/mol. The predicted octanol–water partition coefficient (Wildman–Crippen LogP) is 4.05. The van der Waals surface area contributed by atoms with E-state index in [1.165, 1.54) is 0 Å². The molecule has 6 nitrogen and oxygen atoms in total. The molecule has 0 amide bonds. The van der Waals surface area contributed by atoms with Crippen LogP contribution in [0.3, 0.4) is 0 Å². The number of halogens is 1. The van der Waals surface area contributed by atoms with Gasteiger partial charge in [0.1, 0.15) is 18.0 Å². The number of aliphatic hydroxyl groups is 1. The highest BCUT2D eigenvalue weighted by molar-refractivity contribution is 14.0. The molecule has 1 aromatic heterocycles. The molecule has 0 saturated carbocycles. The van der Waals surface area contributed by atoms with E-state index < -0.39 is 5.60 Å². The zero-order valence-corrected chi connectivity index (χ0v) is 22.2. The molecule has 31 heavy (non-hydrogen) atoms. The van der Waals surface area contributed by atoms with Gasteiger partial charge < -0.3 is 25.4 Å². The molecule has 2 rings (SSSR count). The molecule has 174 valence electrons. The van der Waals surface area contributed by atoms with Crippen molar-refractivity contribution in [3.05, 3.63) is 52.2 Å². The second-order valence-electron chi connectivity index (χ2n) is 7.32. The number of aliphatic imine (C=N–C) groups is 1. The molecule has 0 aliphatic carbocycles. The number of benzene rings is 1. The van der Waals surface area contributed by atoms with E-state index in [2.05, 4.69) is 34.4 Å². The van der Waals surface area contributed by atoms with Gasteiger partial charge in [-0.1, -0.05) is 32.0 Å². The Morgan fingerprint density at radius 1 is 1.13 bits per heavy atom. The van der Waals surface area contributed by atoms with Crippen LogP contribution in [0, 0.1) is 0 Å². The van der Waals surface area contributed by atoms with Crippen molar-refractivity contribution in [2.45, 2.75) is 39.8 Å². The van der Waals surface area contributed by atoms with E-state index >= 15 is 0 Å². The van der Waals surface area contributed by atoms with Crippen molar-refractivity contribution in [2.75, 3.05) is 39.3 Å². The van der Waals surface area contributed by atoms with Gasteiger partial charge >= 0.3 is 0 Å². The number of thiophene rings is 1. The van der Waals surface area contributed by atoms with Crippen LogP contribution < -0.4 is 15.4 Å². The Labute approximate surface area is 208 Å². The molecule has 1 aromatic carbocycles. The van der Waals surface area contributed by atoms with E-state index in [0.29, 0.717) is 25.7 Å². The first-order valence-electron chi connectivity index (χ1n) is 10.7. The first-order valence-corrected chi connectivity index (χ1v) is 11.6. The molecule has 1 heterocycles. The molecule has 0 aliphatic rings. The minimum absolute atomic E-state index is 0. The summed E-state index contributed by atoms with van der Waals surface area (Å²) in [6.07, 6.45) is 0. The highest BCUT2D eigenvalue weighted by Gasteiger charge is 2.24. The molecule has 0 fully saturated rings. The lowest BCUT2D eigenvalue weighted by atomic mass is 10.1. The number of nitrogens with one attached hydrogen (secondary N) is 2. The Morgan fingerprint density at radius 3 is 2.42 bits per heavy atom. The van der Waals surface area contributed by atoms with Gasteiger partial charge in [0, 0.05) is 18.0 Å². The SMILES string of the molecule is CCNC(=NCc1ccc(OCCN(CC)CC)cc1)NCC(C)(O)c1cccs1.I. The van der Waals surface area contributed by atoms with Gasteiger partial charge in [-0.15, -0.1) is 35.3 Å². The van der Waals surface area contributed by atoms with Gasteiger partial charge in [0.25, 0.3) is 0 Å². The number of rotatable bonds is 12. The van der Waals surface area contributed by atoms with Crippen molar-refractivity contribution in [3.8, 4) is 5.75 Å². The van der Waals surface area contributed by atoms with Gasteiger partial charge in [-0.2, -0.15) is 0 Å². The van der Waals surface area contributed by atoms with Crippen molar-refractivity contribution in [3.63, 3.8) is 0 Å². The Kier molecular flexibility index (Phi) is 13.1. The number of hydrogen-bond acceptors (Lipinski definition) is 5. The molecule has 3 N–H and O–H groups in total. The second kappa shape index (κ2) is 14.7. The molecule has 0 spiro atoms. The van der Waals surface area contributed by atoms with Crippen molar-refractivity contribution in [2.24, 2.45) is 4.99 Å². The van der Waals surface area contributed by atoms with Gasteiger partial charge in [-0.05, 0) is 56.1 Å². The third-order valence-corrected chi connectivity index (χ3v) is 6.03. The smallest absolute Gasteiger partial charge is 0.191 e. The van der Waals surface area contributed by atoms with E-state index in [9.17, 15) is 5.11 Å². The van der Waals surface area contributed by atoms with E-state index in [1.54, 1.807) is 11.3 Å². The minimum atomic E-state index is -0.936. The van der Waals surface area contributed by atoms with Crippen molar-refractivity contribution in [1.29, 1.82) is 0 Å². The van der Waals surface area contributed by atoms with Gasteiger partial charge in [0.15, 0.2) is 5.96 Å². The van der Waals surface area contributed by atoms with E-state index in [-0.39, 0.29) is 24.0 Å². The zero-order chi connectivity index (χ0) is 21.8. The summed E-state index contributed by atoms with van der Waals surface area (Å²) in [4.78, 5) is 7.92. The number of ether oxygens (including phenoxy) is 1. The van der Waals surface area contributed by atoms with Crippen LogP contribution in [-0.2, 0) is 12.1 Å². The molecule has 0 aliphatic heterocycles. The van der Waals surface area contributed by atoms with Gasteiger partial charge in [0.05, 0.1) is 13.1 Å². The molecule has 2 aromatic rings. The molecule has 0 radical (unpaired) electrons. The Morgan fingerprint density at radius 2 is 1.84 bits per heavy atom. The Bertz CT molecular complexity index is 747. The van der Waals surface area contributed by atoms with E-state index in [4.69, 9.17) is 4.74 Å². The van der Waals surface area contributed by atoms with Crippen LogP contribution in [0.15, 0.2) is 46.8 Å². The maximum Gasteiger partial charge on any atom is 0.191 e. The molecule has 8 heteroatoms. The molecule has 1 unspecified atom stereocenters. The van der Waals surface area contributed by atoms with E-state index in [0.717, 1.165) is 42.4 Å². The third-order valence-electron chi connectivity index (χ3n) is 4.91. The van der Waals surface area contributed by atoms with Gasteiger partial charge in [-0.25, -0.2) is 4.99 Å². The van der Waals surface area contributed by atoms with Crippen LogP contribution in [-0.4, -0.2) is 55.3 Å². The summed E-state index contributed by atoms with van der Waals surface area (Å²) in [7, 11) is 0. The van der Waals surface area contributed by atoms with Crippen LogP contribution in [0.25, 0.3) is 0 Å². The molecular formula is C23H37IN4O2S. The fourth-order valence-electron chi connectivity index (χ4n) is 2.96. The van der Waals surface area contributed by atoms with Gasteiger partial charge in [-0.3, -0.25) is 0 Å². The molecule has 1 atom stereocenters. The first-order chi connectivity index (χ1) is 14.5. The number of guanidine groups is 1. The van der Waals surface area contributed by atoms with Gasteiger partial charge in [0.2, 0.25) is 0 Å². The lowest BCUT2D eigenvalue weighted by molar-refractivity contribution is 0.0655. The number of likely N-dealkylation sites (N-methyl/N-ethyl adjacent to an activating group) is 1. The average Bonchev–Trinajstić information content (AvgIpc) is 3.30. The maximum absolute atomic E-state index is 10.7. The quantitative estimate of drug-likeness (QED) is 0.208. The summed E-state index contributed by atoms with van der Waals surface area (Å²) in [5, 5.41) is 19.1. The third kappa shape index (κ3) is 9.76. The fourth-order valence-corrected chi connectivity index (χ4v) is 3.75. The highest BCUT2D eigenvalue weighted by Crippen LogP contribution is 2.24. The summed E-state index contributed by atoms with van der Waals surface area (Å²) >= 11 is 1.55. The molecular weight excluding hydrogens is 523 g/mol. The predicted molar refractivity (Wildman–Crippen MR) is 142 cm³/mol. The Balaban J connectivity index is 0.00000480. The number of nitrogens with zero attached hydrogens (tertiary/aromatic N) is 2. The van der Waals surface area contributed by atoms with Crippen LogP contribution in [0.1, 0.15) is 38.1 Å². The fraction of sp³-hybridized carbons (Fsp3) is 0.522. The summed E-state index contributed by atoms with van der Waals surface area (Å²) in [6.45, 7) is 13.6. The van der Waals surface area contributed by atoms with E-state index in [1.807, 2.05) is 55.6 Å². The summed E-state index contributed by atoms with van der Waals surface area (Å²) in [5.74, 6) is 1.57. The van der Waals surface area contributed by atoms with Crippen LogP contribution in [0.2, 0.25) is 0 Å². The van der Waals surface area contributed by atoms with Crippen LogP contribution in [0.4, 0.5) is 0 Å². The largest absolute Gasteiger partial charge is 0.492 e. The lowest BCUT2D eigenvalue weighted by Gasteiger charge is -2.23. The monoisotopic (exact) mass is 560 g/mol. The van der Waals surface area contributed by atoms with Crippen molar-refractivity contribution >= 4 is 41.3 Å². The normalized spacial score (nSPS) is 13.4.